The van der Waals surface area contributed by atoms with Crippen LogP contribution in [0.3, 0.4) is 0 Å². The average Bonchev–Trinajstić information content (AvgIpc) is 2.66. The highest BCUT2D eigenvalue weighted by molar-refractivity contribution is 6.43. The number of ketones is 1. The number of guanidine groups is 1. The van der Waals surface area contributed by atoms with E-state index in [0.29, 0.717) is 19.3 Å². The number of nitro groups is 1. The molecule has 0 radical (unpaired) electrons. The van der Waals surface area contributed by atoms with Gasteiger partial charge in [-0.2, -0.15) is 0 Å². The lowest BCUT2D eigenvalue weighted by atomic mass is 9.74. The molecule has 0 aromatic heterocycles. The molecule has 0 bridgehead atoms. The number of carbonyl (C=O) groups is 2. The van der Waals surface area contributed by atoms with Crippen LogP contribution in [0.5, 0.6) is 0 Å². The van der Waals surface area contributed by atoms with Crippen molar-refractivity contribution in [1.29, 1.82) is 0 Å². The van der Waals surface area contributed by atoms with Crippen LogP contribution in [0.1, 0.15) is 87.0 Å². The third-order valence-corrected chi connectivity index (χ3v) is 5.32. The number of rotatable bonds is 16. The Hall–Kier alpha value is -2.21. The highest BCUT2D eigenvalue weighted by Gasteiger charge is 2.33. The number of hydrogen-bond donors (Lipinski definition) is 5. The summed E-state index contributed by atoms with van der Waals surface area (Å²) in [6.07, 6.45) is 3.65. The average molecular weight is 473 g/mol. The SMILES string of the molecule is C.CCCCC(C)(C)C(=O)C[C@@H](CCCN=C(N)N[N+](=O)[O-])C(=O)N[C@@H](CC(C)C)B(O)O. The number of Topliss-reactive ketones (excluding diaryl/α,β-unsaturated/α-hetero) is 1. The summed E-state index contributed by atoms with van der Waals surface area (Å²) in [6.45, 7) is 9.73. The van der Waals surface area contributed by atoms with Crippen molar-refractivity contribution in [2.45, 2.75) is 92.9 Å². The summed E-state index contributed by atoms with van der Waals surface area (Å²) in [4.78, 5) is 40.1. The summed E-state index contributed by atoms with van der Waals surface area (Å²) in [7, 11) is -1.71. The summed E-state index contributed by atoms with van der Waals surface area (Å²) in [5.74, 6) is -2.20. The number of unbranched alkanes of at least 4 members (excludes halogenated alkanes) is 1. The van der Waals surface area contributed by atoms with Gasteiger partial charge in [0, 0.05) is 24.3 Å². The van der Waals surface area contributed by atoms with Crippen molar-refractivity contribution >= 4 is 24.8 Å². The summed E-state index contributed by atoms with van der Waals surface area (Å²) < 4.78 is 0. The molecule has 0 fully saturated rings. The Morgan fingerprint density at radius 1 is 1.24 bits per heavy atom. The van der Waals surface area contributed by atoms with Gasteiger partial charge in [-0.3, -0.25) is 9.59 Å². The van der Waals surface area contributed by atoms with Crippen LogP contribution in [0.2, 0.25) is 0 Å². The topological polar surface area (TPSA) is 180 Å². The molecule has 0 aliphatic carbocycles. The molecule has 0 saturated carbocycles. The largest absolute Gasteiger partial charge is 0.475 e. The first-order valence-electron chi connectivity index (χ1n) is 11.2. The predicted molar refractivity (Wildman–Crippen MR) is 131 cm³/mol. The predicted octanol–water partition coefficient (Wildman–Crippen LogP) is 1.83. The van der Waals surface area contributed by atoms with Gasteiger partial charge in [-0.1, -0.05) is 60.3 Å². The summed E-state index contributed by atoms with van der Waals surface area (Å²) >= 11 is 0. The third kappa shape index (κ3) is 14.5. The molecule has 0 saturated heterocycles. The highest BCUT2D eigenvalue weighted by Crippen LogP contribution is 2.29. The van der Waals surface area contributed by atoms with Crippen LogP contribution in [-0.2, 0) is 9.59 Å². The van der Waals surface area contributed by atoms with Crippen LogP contribution in [0.25, 0.3) is 0 Å². The molecule has 0 rings (SSSR count). The van der Waals surface area contributed by atoms with Gasteiger partial charge in [0.25, 0.3) is 5.96 Å². The Morgan fingerprint density at radius 3 is 2.33 bits per heavy atom. The van der Waals surface area contributed by atoms with Crippen molar-refractivity contribution in [3.8, 4) is 0 Å². The lowest BCUT2D eigenvalue weighted by molar-refractivity contribution is -0.525. The van der Waals surface area contributed by atoms with Gasteiger partial charge >= 0.3 is 7.12 Å². The smallest absolute Gasteiger partial charge is 0.426 e. The van der Waals surface area contributed by atoms with Gasteiger partial charge in [0.15, 0.2) is 5.03 Å². The number of nitrogens with zero attached hydrogens (tertiary/aromatic N) is 2. The van der Waals surface area contributed by atoms with Gasteiger partial charge in [-0.05, 0) is 31.6 Å². The van der Waals surface area contributed by atoms with Crippen molar-refractivity contribution < 1.29 is 24.7 Å². The van der Waals surface area contributed by atoms with Crippen molar-refractivity contribution in [2.75, 3.05) is 6.54 Å². The molecular formula is C21H44BN5O6. The van der Waals surface area contributed by atoms with E-state index in [2.05, 4.69) is 10.3 Å². The number of hydrogen-bond acceptors (Lipinski definition) is 7. The van der Waals surface area contributed by atoms with Crippen LogP contribution < -0.4 is 16.5 Å². The fourth-order valence-electron chi connectivity index (χ4n) is 3.31. The molecule has 33 heavy (non-hydrogen) atoms. The molecule has 0 heterocycles. The van der Waals surface area contributed by atoms with Crippen LogP contribution in [0, 0.1) is 27.4 Å². The number of hydrazine groups is 1. The van der Waals surface area contributed by atoms with Crippen molar-refractivity contribution in [1.82, 2.24) is 10.7 Å². The van der Waals surface area contributed by atoms with Crippen molar-refractivity contribution in [3.63, 3.8) is 0 Å². The number of nitrogens with two attached hydrogens (primary N) is 1. The molecule has 192 valence electrons. The number of carbonyl (C=O) groups excluding carboxylic acids is 2. The first-order valence-corrected chi connectivity index (χ1v) is 11.2. The maximum atomic E-state index is 12.9. The van der Waals surface area contributed by atoms with Gasteiger partial charge in [0.1, 0.15) is 5.78 Å². The van der Waals surface area contributed by atoms with E-state index in [1.54, 1.807) is 5.43 Å². The highest BCUT2D eigenvalue weighted by atomic mass is 16.7. The van der Waals surface area contributed by atoms with Gasteiger partial charge in [-0.15, -0.1) is 0 Å². The van der Waals surface area contributed by atoms with Crippen LogP contribution in [0.4, 0.5) is 0 Å². The van der Waals surface area contributed by atoms with Crippen LogP contribution >= 0.6 is 0 Å². The van der Waals surface area contributed by atoms with E-state index in [1.807, 2.05) is 34.6 Å². The minimum Gasteiger partial charge on any atom is -0.426 e. The fourth-order valence-corrected chi connectivity index (χ4v) is 3.31. The minimum atomic E-state index is -1.71. The molecule has 6 N–H and O–H groups in total. The van der Waals surface area contributed by atoms with E-state index >= 15 is 0 Å². The third-order valence-electron chi connectivity index (χ3n) is 5.32. The van der Waals surface area contributed by atoms with Gasteiger partial charge in [-0.25, -0.2) is 15.1 Å². The minimum absolute atomic E-state index is 0. The van der Waals surface area contributed by atoms with E-state index in [0.717, 1.165) is 19.3 Å². The Morgan fingerprint density at radius 2 is 1.85 bits per heavy atom. The molecule has 0 unspecified atom stereocenters. The molecule has 0 aromatic rings. The van der Waals surface area contributed by atoms with E-state index in [4.69, 9.17) is 5.73 Å². The molecule has 11 nitrogen and oxygen atoms in total. The maximum Gasteiger partial charge on any atom is 0.475 e. The van der Waals surface area contributed by atoms with E-state index in [1.165, 1.54) is 0 Å². The zero-order valence-corrected chi connectivity index (χ0v) is 20.0. The molecular weight excluding hydrogens is 429 g/mol. The second-order valence-electron chi connectivity index (χ2n) is 9.25. The summed E-state index contributed by atoms with van der Waals surface area (Å²) in [6, 6.07) is 0. The second-order valence-corrected chi connectivity index (χ2v) is 9.25. The van der Waals surface area contributed by atoms with Crippen molar-refractivity contribution in [3.05, 3.63) is 10.1 Å². The van der Waals surface area contributed by atoms with E-state index in [9.17, 15) is 29.8 Å². The first-order chi connectivity index (χ1) is 14.8. The molecule has 0 aromatic carbocycles. The Balaban J connectivity index is 0. The quantitative estimate of drug-likeness (QED) is 0.0562. The molecule has 12 heteroatoms. The van der Waals surface area contributed by atoms with Crippen LogP contribution in [-0.4, -0.2) is 52.3 Å². The van der Waals surface area contributed by atoms with E-state index < -0.39 is 35.3 Å². The molecule has 0 aliphatic heterocycles. The second kappa shape index (κ2) is 16.4. The zero-order valence-electron chi connectivity index (χ0n) is 20.0. The zero-order chi connectivity index (χ0) is 24.9. The first kappa shape index (κ1) is 33.0. The number of aliphatic imine (C=N–C) groups is 1. The summed E-state index contributed by atoms with van der Waals surface area (Å²) in [5.41, 5.74) is 6.56. The normalized spacial score (nSPS) is 13.6. The summed E-state index contributed by atoms with van der Waals surface area (Å²) in [5, 5.41) is 31.5. The number of nitrogens with one attached hydrogen (secondary N) is 2. The Bertz CT molecular complexity index is 643. The Labute approximate surface area is 198 Å². The fraction of sp³-hybridized carbons (Fsp3) is 0.857. The molecule has 2 atom stereocenters. The van der Waals surface area contributed by atoms with Crippen LogP contribution in [0.15, 0.2) is 4.99 Å². The molecule has 1 amide bonds. The van der Waals surface area contributed by atoms with Gasteiger partial charge in [0.05, 0.1) is 5.94 Å². The maximum absolute atomic E-state index is 12.9. The lowest BCUT2D eigenvalue weighted by Gasteiger charge is -2.27. The molecule has 0 aliphatic rings. The Kier molecular flexibility index (Phi) is 16.4. The van der Waals surface area contributed by atoms with E-state index in [-0.39, 0.29) is 38.1 Å². The monoisotopic (exact) mass is 473 g/mol. The molecule has 0 spiro atoms. The van der Waals surface area contributed by atoms with Gasteiger partial charge < -0.3 is 21.1 Å². The van der Waals surface area contributed by atoms with Crippen molar-refractivity contribution in [2.24, 2.45) is 28.0 Å². The number of amides is 1. The van der Waals surface area contributed by atoms with Gasteiger partial charge in [0.2, 0.25) is 5.91 Å². The standard InChI is InChI=1S/C20H40BN5O6.CH4/c1-6-7-10-20(4,5)16(27)13-15(9-8-11-23-19(22)25-26(31)32)18(28)24-17(21(29)30)12-14(2)3;/h14-15,17,29-30H,6-13H2,1-5H3,(H,24,28)(H3,22,23,25);1H4/t15-,17+;/m1./s1. The lowest BCUT2D eigenvalue weighted by Crippen LogP contribution is -2.49.